The smallest absolute Gasteiger partial charge is 0.305 e. The first-order valence-corrected chi connectivity index (χ1v) is 5.41. The lowest BCUT2D eigenvalue weighted by Gasteiger charge is -2.25. The van der Waals surface area contributed by atoms with E-state index < -0.39 is 5.97 Å². The summed E-state index contributed by atoms with van der Waals surface area (Å²) in [5, 5.41) is 12.3. The van der Waals surface area contributed by atoms with Crippen LogP contribution in [0.15, 0.2) is 10.7 Å². The number of amides is 1. The number of hydrogen-bond acceptors (Lipinski definition) is 4. The third-order valence-corrected chi connectivity index (χ3v) is 2.55. The Bertz CT molecular complexity index is 413. The zero-order valence-electron chi connectivity index (χ0n) is 10.1. The first-order chi connectivity index (χ1) is 7.97. The Morgan fingerprint density at radius 1 is 1.59 bits per heavy atom. The van der Waals surface area contributed by atoms with Gasteiger partial charge in [-0.05, 0) is 20.8 Å². The van der Waals surface area contributed by atoms with Gasteiger partial charge in [0.1, 0.15) is 0 Å². The molecule has 0 saturated heterocycles. The van der Waals surface area contributed by atoms with Crippen LogP contribution in [0.1, 0.15) is 36.4 Å². The summed E-state index contributed by atoms with van der Waals surface area (Å²) in [5.74, 6) is -1.08. The van der Waals surface area contributed by atoms with Gasteiger partial charge in [-0.15, -0.1) is 0 Å². The van der Waals surface area contributed by atoms with Crippen molar-refractivity contribution in [2.24, 2.45) is 0 Å². The standard InChI is InChI=1S/C11H16N2O4/c1-4-13(8(3)5-9(14)15)11(16)10-7(2)6-12-17-10/h6,8H,4-5H2,1-3H3,(H,14,15). The van der Waals surface area contributed by atoms with Gasteiger partial charge in [0.25, 0.3) is 5.91 Å². The second-order valence-corrected chi connectivity index (χ2v) is 3.88. The van der Waals surface area contributed by atoms with Crippen molar-refractivity contribution >= 4 is 11.9 Å². The van der Waals surface area contributed by atoms with Gasteiger partial charge >= 0.3 is 5.97 Å². The molecule has 1 amide bonds. The molecule has 0 aromatic carbocycles. The number of aliphatic carboxylic acids is 1. The Labute approximate surface area is 99.2 Å². The lowest BCUT2D eigenvalue weighted by Crippen LogP contribution is -2.39. The van der Waals surface area contributed by atoms with Gasteiger partial charge in [0, 0.05) is 18.2 Å². The monoisotopic (exact) mass is 240 g/mol. The fourth-order valence-corrected chi connectivity index (χ4v) is 1.65. The molecule has 94 valence electrons. The second kappa shape index (κ2) is 5.47. The van der Waals surface area contributed by atoms with Gasteiger partial charge in [0.15, 0.2) is 0 Å². The molecule has 6 nitrogen and oxygen atoms in total. The minimum atomic E-state index is -0.932. The number of carboxylic acid groups (broad SMARTS) is 1. The molecule has 0 spiro atoms. The first kappa shape index (κ1) is 13.2. The van der Waals surface area contributed by atoms with E-state index in [4.69, 9.17) is 9.63 Å². The molecule has 1 aromatic rings. The summed E-state index contributed by atoms with van der Waals surface area (Å²) in [6.45, 7) is 5.63. The molecular formula is C11H16N2O4. The molecular weight excluding hydrogens is 224 g/mol. The number of hydrogen-bond donors (Lipinski definition) is 1. The van der Waals surface area contributed by atoms with Gasteiger partial charge in [-0.3, -0.25) is 9.59 Å². The van der Waals surface area contributed by atoms with Crippen LogP contribution in [0.2, 0.25) is 0 Å². The number of carbonyl (C=O) groups excluding carboxylic acids is 1. The number of carboxylic acids is 1. The minimum absolute atomic E-state index is 0.0905. The molecule has 0 radical (unpaired) electrons. The van der Waals surface area contributed by atoms with E-state index >= 15 is 0 Å². The summed E-state index contributed by atoms with van der Waals surface area (Å²) in [7, 11) is 0. The van der Waals surface area contributed by atoms with E-state index in [-0.39, 0.29) is 24.1 Å². The molecule has 1 rings (SSSR count). The van der Waals surface area contributed by atoms with Gasteiger partial charge in [-0.1, -0.05) is 5.16 Å². The zero-order chi connectivity index (χ0) is 13.0. The van der Waals surface area contributed by atoms with E-state index in [2.05, 4.69) is 5.16 Å². The Hall–Kier alpha value is -1.85. The Balaban J connectivity index is 2.84. The van der Waals surface area contributed by atoms with Crippen molar-refractivity contribution in [1.29, 1.82) is 0 Å². The average molecular weight is 240 g/mol. The molecule has 17 heavy (non-hydrogen) atoms. The van der Waals surface area contributed by atoms with Gasteiger partial charge in [-0.25, -0.2) is 0 Å². The van der Waals surface area contributed by atoms with Crippen LogP contribution in [-0.4, -0.2) is 39.6 Å². The van der Waals surface area contributed by atoms with Crippen LogP contribution < -0.4 is 0 Å². The molecule has 0 fully saturated rings. The highest BCUT2D eigenvalue weighted by Crippen LogP contribution is 2.13. The van der Waals surface area contributed by atoms with E-state index in [1.165, 1.54) is 11.1 Å². The number of aryl methyl sites for hydroxylation is 1. The van der Waals surface area contributed by atoms with Gasteiger partial charge in [-0.2, -0.15) is 0 Å². The molecule has 1 heterocycles. The lowest BCUT2D eigenvalue weighted by molar-refractivity contribution is -0.138. The van der Waals surface area contributed by atoms with Crippen LogP contribution in [0.4, 0.5) is 0 Å². The molecule has 0 aliphatic heterocycles. The van der Waals surface area contributed by atoms with Gasteiger partial charge < -0.3 is 14.5 Å². The summed E-state index contributed by atoms with van der Waals surface area (Å²) in [6.07, 6.45) is 1.37. The van der Waals surface area contributed by atoms with Crippen molar-refractivity contribution in [3.8, 4) is 0 Å². The summed E-state index contributed by atoms with van der Waals surface area (Å²) >= 11 is 0. The quantitative estimate of drug-likeness (QED) is 0.838. The molecule has 0 aliphatic carbocycles. The minimum Gasteiger partial charge on any atom is -0.481 e. The number of nitrogens with zero attached hydrogens (tertiary/aromatic N) is 2. The van der Waals surface area contributed by atoms with Gasteiger partial charge in [0.2, 0.25) is 5.76 Å². The molecule has 1 atom stereocenters. The lowest BCUT2D eigenvalue weighted by atomic mass is 10.1. The fraction of sp³-hybridized carbons (Fsp3) is 0.545. The highest BCUT2D eigenvalue weighted by atomic mass is 16.5. The van der Waals surface area contributed by atoms with Crippen LogP contribution in [0.3, 0.4) is 0 Å². The summed E-state index contributed by atoms with van der Waals surface area (Å²) in [5.41, 5.74) is 0.649. The fourth-order valence-electron chi connectivity index (χ4n) is 1.65. The van der Waals surface area contributed by atoms with Crippen LogP contribution in [-0.2, 0) is 4.79 Å². The highest BCUT2D eigenvalue weighted by Gasteiger charge is 2.25. The van der Waals surface area contributed by atoms with E-state index in [1.807, 2.05) is 0 Å². The van der Waals surface area contributed by atoms with E-state index in [1.54, 1.807) is 20.8 Å². The van der Waals surface area contributed by atoms with Crippen LogP contribution in [0.25, 0.3) is 0 Å². The van der Waals surface area contributed by atoms with Crippen molar-refractivity contribution in [2.75, 3.05) is 6.54 Å². The zero-order valence-corrected chi connectivity index (χ0v) is 10.1. The second-order valence-electron chi connectivity index (χ2n) is 3.88. The highest BCUT2D eigenvalue weighted by molar-refractivity contribution is 5.93. The SMILES string of the molecule is CCN(C(=O)c1oncc1C)C(C)CC(=O)O. The molecule has 1 aromatic heterocycles. The summed E-state index contributed by atoms with van der Waals surface area (Å²) in [4.78, 5) is 24.2. The van der Waals surface area contributed by atoms with Gasteiger partial charge in [0.05, 0.1) is 12.6 Å². The predicted octanol–water partition coefficient (Wildman–Crippen LogP) is 1.31. The number of carbonyl (C=O) groups is 2. The molecule has 0 saturated carbocycles. The van der Waals surface area contributed by atoms with Crippen LogP contribution in [0, 0.1) is 6.92 Å². The maximum atomic E-state index is 12.1. The predicted molar refractivity (Wildman–Crippen MR) is 59.7 cm³/mol. The largest absolute Gasteiger partial charge is 0.481 e. The molecule has 1 N–H and O–H groups in total. The topological polar surface area (TPSA) is 83.6 Å². The average Bonchev–Trinajstić information content (AvgIpc) is 2.64. The van der Waals surface area contributed by atoms with Crippen molar-refractivity contribution in [2.45, 2.75) is 33.2 Å². The van der Waals surface area contributed by atoms with E-state index in [0.717, 1.165) is 0 Å². The van der Waals surface area contributed by atoms with Crippen molar-refractivity contribution < 1.29 is 19.2 Å². The molecule has 0 aliphatic rings. The van der Waals surface area contributed by atoms with Crippen molar-refractivity contribution in [3.63, 3.8) is 0 Å². The summed E-state index contributed by atoms with van der Waals surface area (Å²) in [6, 6.07) is -0.380. The first-order valence-electron chi connectivity index (χ1n) is 5.41. The molecule has 6 heteroatoms. The number of aromatic nitrogens is 1. The molecule has 1 unspecified atom stereocenters. The van der Waals surface area contributed by atoms with E-state index in [9.17, 15) is 9.59 Å². The third kappa shape index (κ3) is 3.05. The Kier molecular flexibility index (Phi) is 4.25. The van der Waals surface area contributed by atoms with Crippen molar-refractivity contribution in [1.82, 2.24) is 10.1 Å². The van der Waals surface area contributed by atoms with Crippen molar-refractivity contribution in [3.05, 3.63) is 17.5 Å². The van der Waals surface area contributed by atoms with E-state index in [0.29, 0.717) is 12.1 Å². The Morgan fingerprint density at radius 2 is 2.24 bits per heavy atom. The number of rotatable bonds is 5. The van der Waals surface area contributed by atoms with Crippen LogP contribution >= 0.6 is 0 Å². The Morgan fingerprint density at radius 3 is 2.65 bits per heavy atom. The maximum Gasteiger partial charge on any atom is 0.305 e. The maximum absolute atomic E-state index is 12.1. The molecule has 0 bridgehead atoms. The normalized spacial score (nSPS) is 12.2. The van der Waals surface area contributed by atoms with Crippen LogP contribution in [0.5, 0.6) is 0 Å². The summed E-state index contributed by atoms with van der Waals surface area (Å²) < 4.78 is 4.88. The third-order valence-electron chi connectivity index (χ3n) is 2.55.